The lowest BCUT2D eigenvalue weighted by Crippen LogP contribution is -2.20. The van der Waals surface area contributed by atoms with Crippen LogP contribution in [0, 0.1) is 6.92 Å². The summed E-state index contributed by atoms with van der Waals surface area (Å²) in [5.74, 6) is -1.23. The molecule has 0 aliphatic rings. The first-order valence-electron chi connectivity index (χ1n) is 7.27. The van der Waals surface area contributed by atoms with Crippen molar-refractivity contribution in [3.05, 3.63) is 71.3 Å². The van der Waals surface area contributed by atoms with Crippen molar-refractivity contribution in [3.8, 4) is 0 Å². The second-order valence-electron chi connectivity index (χ2n) is 5.13. The first kappa shape index (κ1) is 16.4. The third-order valence-electron chi connectivity index (χ3n) is 3.29. The predicted octanol–water partition coefficient (Wildman–Crippen LogP) is 2.99. The van der Waals surface area contributed by atoms with Gasteiger partial charge in [0.05, 0.1) is 12.1 Å². The van der Waals surface area contributed by atoms with E-state index < -0.39 is 5.97 Å². The lowest BCUT2D eigenvalue weighted by atomic mass is 10.1. The van der Waals surface area contributed by atoms with Crippen LogP contribution in [0.1, 0.15) is 34.3 Å². The van der Waals surface area contributed by atoms with Crippen LogP contribution < -0.4 is 5.43 Å². The number of carboxylic acid groups (broad SMARTS) is 1. The van der Waals surface area contributed by atoms with E-state index in [9.17, 15) is 9.59 Å². The molecule has 0 saturated heterocycles. The van der Waals surface area contributed by atoms with Gasteiger partial charge in [0.15, 0.2) is 0 Å². The maximum atomic E-state index is 12.1. The Morgan fingerprint density at radius 1 is 0.957 bits per heavy atom. The SMILES string of the molecule is Cc1ccc(C(=O)N/N=C(\CCC(=O)O)c2ccccc2)cc1. The van der Waals surface area contributed by atoms with Crippen molar-refractivity contribution < 1.29 is 14.7 Å². The molecule has 5 heteroatoms. The molecular weight excluding hydrogens is 292 g/mol. The van der Waals surface area contributed by atoms with Crippen molar-refractivity contribution in [1.82, 2.24) is 5.43 Å². The van der Waals surface area contributed by atoms with E-state index in [1.54, 1.807) is 12.1 Å². The third-order valence-corrected chi connectivity index (χ3v) is 3.29. The highest BCUT2D eigenvalue weighted by atomic mass is 16.4. The van der Waals surface area contributed by atoms with Crippen LogP contribution in [0.4, 0.5) is 0 Å². The second kappa shape index (κ2) is 7.89. The minimum absolute atomic E-state index is 0.0475. The van der Waals surface area contributed by atoms with Crippen molar-refractivity contribution in [1.29, 1.82) is 0 Å². The number of hydrogen-bond donors (Lipinski definition) is 2. The highest BCUT2D eigenvalue weighted by Crippen LogP contribution is 2.07. The largest absolute Gasteiger partial charge is 0.481 e. The summed E-state index contributed by atoms with van der Waals surface area (Å²) in [6.45, 7) is 1.94. The molecule has 0 fully saturated rings. The van der Waals surface area contributed by atoms with Gasteiger partial charge < -0.3 is 5.11 Å². The molecule has 0 heterocycles. The lowest BCUT2D eigenvalue weighted by Gasteiger charge is -2.07. The summed E-state index contributed by atoms with van der Waals surface area (Å²) in [6.07, 6.45) is 0.196. The van der Waals surface area contributed by atoms with E-state index in [1.807, 2.05) is 49.4 Å². The van der Waals surface area contributed by atoms with E-state index >= 15 is 0 Å². The van der Waals surface area contributed by atoms with Crippen LogP contribution in [-0.4, -0.2) is 22.7 Å². The van der Waals surface area contributed by atoms with Crippen molar-refractivity contribution >= 4 is 17.6 Å². The van der Waals surface area contributed by atoms with Crippen molar-refractivity contribution in [2.24, 2.45) is 5.10 Å². The van der Waals surface area contributed by atoms with Gasteiger partial charge in [-0.3, -0.25) is 9.59 Å². The minimum atomic E-state index is -0.904. The van der Waals surface area contributed by atoms with Gasteiger partial charge in [-0.2, -0.15) is 5.10 Å². The molecule has 23 heavy (non-hydrogen) atoms. The quantitative estimate of drug-likeness (QED) is 0.636. The van der Waals surface area contributed by atoms with Crippen LogP contribution in [0.15, 0.2) is 59.7 Å². The number of benzene rings is 2. The standard InChI is InChI=1S/C18H18N2O3/c1-13-7-9-15(10-8-13)18(23)20-19-16(11-12-17(21)22)14-5-3-2-4-6-14/h2-10H,11-12H2,1H3,(H,20,23)(H,21,22)/b19-16+. The Hall–Kier alpha value is -2.95. The van der Waals surface area contributed by atoms with Crippen LogP contribution in [0.3, 0.4) is 0 Å². The Kier molecular flexibility index (Phi) is 5.63. The maximum Gasteiger partial charge on any atom is 0.303 e. The number of carbonyl (C=O) groups is 2. The molecule has 5 nitrogen and oxygen atoms in total. The number of carbonyl (C=O) groups excluding carboxylic acids is 1. The average Bonchev–Trinajstić information content (AvgIpc) is 2.56. The van der Waals surface area contributed by atoms with Gasteiger partial charge in [0.1, 0.15) is 0 Å². The number of amides is 1. The lowest BCUT2D eigenvalue weighted by molar-refractivity contribution is -0.136. The van der Waals surface area contributed by atoms with Gasteiger partial charge in [-0.1, -0.05) is 48.0 Å². The fourth-order valence-electron chi connectivity index (χ4n) is 2.01. The molecule has 0 aliphatic heterocycles. The van der Waals surface area contributed by atoms with Gasteiger partial charge in [-0.25, -0.2) is 5.43 Å². The molecule has 0 bridgehead atoms. The zero-order chi connectivity index (χ0) is 16.7. The summed E-state index contributed by atoms with van der Waals surface area (Å²) in [6, 6.07) is 16.4. The summed E-state index contributed by atoms with van der Waals surface area (Å²) in [5.41, 5.74) is 5.39. The summed E-state index contributed by atoms with van der Waals surface area (Å²) in [5, 5.41) is 13.0. The molecule has 2 aromatic rings. The fourth-order valence-corrected chi connectivity index (χ4v) is 2.01. The molecule has 1 amide bonds. The van der Waals surface area contributed by atoms with Gasteiger partial charge in [0.2, 0.25) is 0 Å². The average molecular weight is 310 g/mol. The molecule has 2 N–H and O–H groups in total. The Balaban J connectivity index is 2.14. The number of nitrogens with zero attached hydrogens (tertiary/aromatic N) is 1. The van der Waals surface area contributed by atoms with E-state index in [0.29, 0.717) is 11.3 Å². The van der Waals surface area contributed by atoms with Crippen LogP contribution in [0.5, 0.6) is 0 Å². The molecular formula is C18H18N2O3. The summed E-state index contributed by atoms with van der Waals surface area (Å²) >= 11 is 0. The van der Waals surface area contributed by atoms with E-state index in [4.69, 9.17) is 5.11 Å². The zero-order valence-electron chi connectivity index (χ0n) is 12.8. The molecule has 0 saturated carbocycles. The summed E-state index contributed by atoms with van der Waals surface area (Å²) < 4.78 is 0. The first-order valence-corrected chi connectivity index (χ1v) is 7.27. The van der Waals surface area contributed by atoms with E-state index in [-0.39, 0.29) is 18.7 Å². The second-order valence-corrected chi connectivity index (χ2v) is 5.13. The van der Waals surface area contributed by atoms with E-state index in [2.05, 4.69) is 10.5 Å². The number of aliphatic carboxylic acids is 1. The van der Waals surface area contributed by atoms with Crippen LogP contribution in [-0.2, 0) is 4.79 Å². The van der Waals surface area contributed by atoms with Gasteiger partial charge >= 0.3 is 5.97 Å². The van der Waals surface area contributed by atoms with Crippen molar-refractivity contribution in [3.63, 3.8) is 0 Å². The molecule has 2 aromatic carbocycles. The molecule has 0 radical (unpaired) electrons. The molecule has 2 rings (SSSR count). The maximum absolute atomic E-state index is 12.1. The normalized spacial score (nSPS) is 11.1. The van der Waals surface area contributed by atoms with Crippen LogP contribution in [0.25, 0.3) is 0 Å². The smallest absolute Gasteiger partial charge is 0.303 e. The van der Waals surface area contributed by atoms with Crippen LogP contribution in [0.2, 0.25) is 0 Å². The highest BCUT2D eigenvalue weighted by Gasteiger charge is 2.09. The fraction of sp³-hybridized carbons (Fsp3) is 0.167. The van der Waals surface area contributed by atoms with E-state index in [1.165, 1.54) is 0 Å². The molecule has 0 atom stereocenters. The highest BCUT2D eigenvalue weighted by molar-refractivity contribution is 6.03. The minimum Gasteiger partial charge on any atom is -0.481 e. The number of carboxylic acids is 1. The molecule has 0 spiro atoms. The van der Waals surface area contributed by atoms with Gasteiger partial charge in [0.25, 0.3) is 5.91 Å². The van der Waals surface area contributed by atoms with E-state index in [0.717, 1.165) is 11.1 Å². The van der Waals surface area contributed by atoms with Crippen molar-refractivity contribution in [2.45, 2.75) is 19.8 Å². The van der Waals surface area contributed by atoms with Gasteiger partial charge in [-0.15, -0.1) is 0 Å². The van der Waals surface area contributed by atoms with Crippen molar-refractivity contribution in [2.75, 3.05) is 0 Å². The first-order chi connectivity index (χ1) is 11.1. The summed E-state index contributed by atoms with van der Waals surface area (Å²) in [7, 11) is 0. The van der Waals surface area contributed by atoms with Crippen LogP contribution >= 0.6 is 0 Å². The third kappa shape index (κ3) is 5.07. The van der Waals surface area contributed by atoms with Gasteiger partial charge in [-0.05, 0) is 24.6 Å². The Labute approximate surface area is 134 Å². The number of hydrazone groups is 1. The Morgan fingerprint density at radius 2 is 1.61 bits per heavy atom. The predicted molar refractivity (Wildman–Crippen MR) is 88.5 cm³/mol. The number of aryl methyl sites for hydroxylation is 1. The topological polar surface area (TPSA) is 78.8 Å². The molecule has 0 unspecified atom stereocenters. The Morgan fingerprint density at radius 3 is 2.22 bits per heavy atom. The zero-order valence-corrected chi connectivity index (χ0v) is 12.8. The summed E-state index contributed by atoms with van der Waals surface area (Å²) in [4.78, 5) is 22.9. The number of rotatable bonds is 6. The molecule has 0 aromatic heterocycles. The number of hydrogen-bond acceptors (Lipinski definition) is 3. The number of nitrogens with one attached hydrogen (secondary N) is 1. The monoisotopic (exact) mass is 310 g/mol. The molecule has 0 aliphatic carbocycles. The molecule has 118 valence electrons. The Bertz CT molecular complexity index is 707. The van der Waals surface area contributed by atoms with Gasteiger partial charge in [0, 0.05) is 12.0 Å².